The molecule has 0 amide bonds. The number of ketones is 2. The summed E-state index contributed by atoms with van der Waals surface area (Å²) in [6.45, 7) is 0. The van der Waals surface area contributed by atoms with Crippen molar-refractivity contribution in [2.45, 2.75) is 0 Å². The van der Waals surface area contributed by atoms with Gasteiger partial charge in [0.2, 0.25) is 5.78 Å². The van der Waals surface area contributed by atoms with Crippen LogP contribution >= 0.6 is 0 Å². The van der Waals surface area contributed by atoms with Crippen molar-refractivity contribution in [2.24, 2.45) is 0 Å². The van der Waals surface area contributed by atoms with E-state index in [1.165, 1.54) is 24.3 Å². The lowest BCUT2D eigenvalue weighted by Gasteiger charge is -2.04. The molecular formula is C15H9NO2. The van der Waals surface area contributed by atoms with Gasteiger partial charge in [0.15, 0.2) is 5.78 Å². The molecule has 0 spiro atoms. The van der Waals surface area contributed by atoms with Crippen LogP contribution in [0, 0.1) is 11.3 Å². The van der Waals surface area contributed by atoms with E-state index in [1.807, 2.05) is 6.07 Å². The standard InChI is InChI=1S/C15H9NO2/c16-10-14(11-6-8-13(17)9-7-11)15(18)12-4-2-1-3-5-12/h1-9H. The lowest BCUT2D eigenvalue weighted by Crippen LogP contribution is -2.05. The predicted octanol–water partition coefficient (Wildman–Crippen LogP) is 2.38. The highest BCUT2D eigenvalue weighted by Crippen LogP contribution is 2.16. The van der Waals surface area contributed by atoms with E-state index in [1.54, 1.807) is 30.3 Å². The van der Waals surface area contributed by atoms with Crippen LogP contribution in [-0.2, 0) is 4.79 Å². The monoisotopic (exact) mass is 235 g/mol. The maximum atomic E-state index is 12.1. The molecular weight excluding hydrogens is 226 g/mol. The van der Waals surface area contributed by atoms with E-state index in [4.69, 9.17) is 5.26 Å². The van der Waals surface area contributed by atoms with Crippen LogP contribution in [0.4, 0.5) is 0 Å². The number of hydrogen-bond acceptors (Lipinski definition) is 3. The van der Waals surface area contributed by atoms with Crippen molar-refractivity contribution < 1.29 is 9.59 Å². The number of hydrogen-bond donors (Lipinski definition) is 0. The Morgan fingerprint density at radius 3 is 2.17 bits per heavy atom. The van der Waals surface area contributed by atoms with Crippen molar-refractivity contribution >= 4 is 11.6 Å². The molecule has 0 N–H and O–H groups in total. The Balaban J connectivity index is 2.43. The Morgan fingerprint density at radius 1 is 1.00 bits per heavy atom. The molecule has 0 aliphatic heterocycles. The first-order valence-corrected chi connectivity index (χ1v) is 5.36. The Hall–Kier alpha value is -2.73. The van der Waals surface area contributed by atoms with Crippen LogP contribution in [0.25, 0.3) is 0 Å². The van der Waals surface area contributed by atoms with Gasteiger partial charge in [-0.3, -0.25) is 9.59 Å². The first kappa shape index (κ1) is 11.7. The molecule has 0 saturated heterocycles. The van der Waals surface area contributed by atoms with Crippen LogP contribution in [0.5, 0.6) is 0 Å². The normalized spacial score (nSPS) is 13.3. The van der Waals surface area contributed by atoms with Crippen LogP contribution in [0.3, 0.4) is 0 Å². The van der Waals surface area contributed by atoms with Gasteiger partial charge in [-0.15, -0.1) is 0 Å². The topological polar surface area (TPSA) is 57.9 Å². The summed E-state index contributed by atoms with van der Waals surface area (Å²) in [7, 11) is 0. The highest BCUT2D eigenvalue weighted by Gasteiger charge is 2.15. The minimum atomic E-state index is -0.336. The largest absolute Gasteiger partial charge is 0.290 e. The molecule has 0 heterocycles. The Kier molecular flexibility index (Phi) is 3.31. The predicted molar refractivity (Wildman–Crippen MR) is 66.7 cm³/mol. The minimum absolute atomic E-state index is 0.0428. The van der Waals surface area contributed by atoms with E-state index < -0.39 is 0 Å². The number of benzene rings is 1. The zero-order valence-corrected chi connectivity index (χ0v) is 9.46. The number of Topliss-reactive ketones (excluding diaryl/α,β-unsaturated/α-hetero) is 1. The maximum absolute atomic E-state index is 12.1. The molecule has 1 aliphatic rings. The van der Waals surface area contributed by atoms with Crippen molar-refractivity contribution in [3.05, 3.63) is 71.3 Å². The number of carbonyl (C=O) groups excluding carboxylic acids is 2. The van der Waals surface area contributed by atoms with E-state index in [0.717, 1.165) is 0 Å². The molecule has 3 heteroatoms. The van der Waals surface area contributed by atoms with Gasteiger partial charge in [0.1, 0.15) is 11.6 Å². The fourth-order valence-electron chi connectivity index (χ4n) is 1.60. The minimum Gasteiger partial charge on any atom is -0.290 e. The van der Waals surface area contributed by atoms with E-state index in [2.05, 4.69) is 0 Å². The van der Waals surface area contributed by atoms with Gasteiger partial charge in [-0.05, 0) is 29.9 Å². The molecule has 2 rings (SSSR count). The molecule has 0 unspecified atom stereocenters. The van der Waals surface area contributed by atoms with Gasteiger partial charge in [0.05, 0.1) is 0 Å². The second-order valence-electron chi connectivity index (χ2n) is 3.71. The molecule has 0 aromatic heterocycles. The second kappa shape index (κ2) is 5.07. The molecule has 3 nitrogen and oxygen atoms in total. The highest BCUT2D eigenvalue weighted by molar-refractivity contribution is 6.13. The van der Waals surface area contributed by atoms with Gasteiger partial charge >= 0.3 is 0 Å². The molecule has 1 aromatic carbocycles. The zero-order chi connectivity index (χ0) is 13.0. The summed E-state index contributed by atoms with van der Waals surface area (Å²) in [6, 6.07) is 10.5. The molecule has 0 radical (unpaired) electrons. The van der Waals surface area contributed by atoms with Crippen molar-refractivity contribution in [3.8, 4) is 6.07 Å². The molecule has 18 heavy (non-hydrogen) atoms. The molecule has 86 valence electrons. The molecule has 0 fully saturated rings. The average Bonchev–Trinajstić information content (AvgIpc) is 2.42. The number of nitrogens with zero attached hydrogens (tertiary/aromatic N) is 1. The van der Waals surface area contributed by atoms with Crippen molar-refractivity contribution in [3.63, 3.8) is 0 Å². The van der Waals surface area contributed by atoms with Gasteiger partial charge in [-0.25, -0.2) is 0 Å². The number of allylic oxidation sites excluding steroid dienone is 6. The molecule has 0 atom stereocenters. The smallest absolute Gasteiger partial charge is 0.204 e. The van der Waals surface area contributed by atoms with E-state index >= 15 is 0 Å². The van der Waals surface area contributed by atoms with E-state index in [-0.39, 0.29) is 17.1 Å². The summed E-state index contributed by atoms with van der Waals surface area (Å²) >= 11 is 0. The quantitative estimate of drug-likeness (QED) is 0.449. The fourth-order valence-corrected chi connectivity index (χ4v) is 1.60. The number of carbonyl (C=O) groups is 2. The van der Waals surface area contributed by atoms with Crippen LogP contribution in [-0.4, -0.2) is 11.6 Å². The van der Waals surface area contributed by atoms with Crippen molar-refractivity contribution in [2.75, 3.05) is 0 Å². The average molecular weight is 235 g/mol. The van der Waals surface area contributed by atoms with Gasteiger partial charge < -0.3 is 0 Å². The summed E-state index contributed by atoms with van der Waals surface area (Å²) in [4.78, 5) is 23.1. The van der Waals surface area contributed by atoms with Gasteiger partial charge in [-0.1, -0.05) is 30.3 Å². The maximum Gasteiger partial charge on any atom is 0.204 e. The summed E-state index contributed by atoms with van der Waals surface area (Å²) in [5.41, 5.74) is 0.965. The molecule has 0 bridgehead atoms. The van der Waals surface area contributed by atoms with Gasteiger partial charge in [0, 0.05) is 5.56 Å². The molecule has 1 aliphatic carbocycles. The van der Waals surface area contributed by atoms with E-state index in [9.17, 15) is 9.59 Å². The first-order valence-electron chi connectivity index (χ1n) is 5.36. The SMILES string of the molecule is N#CC(C(=O)c1ccccc1)=C1C=CC(=O)C=C1. The summed E-state index contributed by atoms with van der Waals surface area (Å²) < 4.78 is 0. The first-order chi connectivity index (χ1) is 8.72. The van der Waals surface area contributed by atoms with Crippen LogP contribution in [0.15, 0.2) is 65.8 Å². The number of rotatable bonds is 2. The fraction of sp³-hybridized carbons (Fsp3) is 0. The second-order valence-corrected chi connectivity index (χ2v) is 3.71. The third-order valence-electron chi connectivity index (χ3n) is 2.52. The third kappa shape index (κ3) is 2.33. The highest BCUT2D eigenvalue weighted by atomic mass is 16.1. The van der Waals surface area contributed by atoms with Gasteiger partial charge in [-0.2, -0.15) is 5.26 Å². The van der Waals surface area contributed by atoms with Crippen LogP contribution in [0.1, 0.15) is 10.4 Å². The van der Waals surface area contributed by atoms with Crippen LogP contribution < -0.4 is 0 Å². The summed E-state index contributed by atoms with van der Waals surface area (Å²) in [5.74, 6) is -0.486. The number of nitriles is 1. The zero-order valence-electron chi connectivity index (χ0n) is 9.46. The summed E-state index contributed by atoms with van der Waals surface area (Å²) in [5, 5.41) is 9.09. The summed E-state index contributed by atoms with van der Waals surface area (Å²) in [6.07, 6.45) is 5.65. The lowest BCUT2D eigenvalue weighted by atomic mass is 9.97. The van der Waals surface area contributed by atoms with Crippen LogP contribution in [0.2, 0.25) is 0 Å². The third-order valence-corrected chi connectivity index (χ3v) is 2.52. The molecule has 1 aromatic rings. The lowest BCUT2D eigenvalue weighted by molar-refractivity contribution is -0.110. The Morgan fingerprint density at radius 2 is 1.61 bits per heavy atom. The van der Waals surface area contributed by atoms with Crippen molar-refractivity contribution in [1.29, 1.82) is 5.26 Å². The van der Waals surface area contributed by atoms with E-state index in [0.29, 0.717) is 11.1 Å². The van der Waals surface area contributed by atoms with Gasteiger partial charge in [0.25, 0.3) is 0 Å². The Bertz CT molecular complexity index is 610. The van der Waals surface area contributed by atoms with Crippen molar-refractivity contribution in [1.82, 2.24) is 0 Å². The molecule has 0 saturated carbocycles. The Labute approximate surface area is 104 Å².